The Morgan fingerprint density at radius 1 is 1.28 bits per heavy atom. The molecule has 2 heterocycles. The molecule has 25 heavy (non-hydrogen) atoms. The molecule has 2 aromatic carbocycles. The third-order valence-corrected chi connectivity index (χ3v) is 4.91. The van der Waals surface area contributed by atoms with Gasteiger partial charge in [0.1, 0.15) is 11.6 Å². The van der Waals surface area contributed by atoms with Gasteiger partial charge in [-0.05, 0) is 48.4 Å². The molecule has 1 amide bonds. The molecule has 0 bridgehead atoms. The second-order valence-corrected chi connectivity index (χ2v) is 6.73. The Kier molecular flexibility index (Phi) is 3.97. The molecular weight excluding hydrogens is 339 g/mol. The number of halogens is 1. The number of hydrogen-bond acceptors (Lipinski definition) is 4. The Balaban J connectivity index is 1.55. The van der Waals surface area contributed by atoms with E-state index in [-0.39, 0.29) is 5.91 Å². The molecule has 1 aliphatic rings. The standard InChI is InChI=1S/C19H15FN2O2S/c1-11-2-4-14(20)9-15(11)18(23)22-19-21-16(10-25-19)12-3-5-17-13(8-12)6-7-24-17/h2-5,8-10H,6-7H2,1H3,(H,21,22,23). The monoisotopic (exact) mass is 354 g/mol. The smallest absolute Gasteiger partial charge is 0.257 e. The van der Waals surface area contributed by atoms with Crippen LogP contribution in [0.4, 0.5) is 9.52 Å². The van der Waals surface area contributed by atoms with E-state index < -0.39 is 5.82 Å². The predicted molar refractivity (Wildman–Crippen MR) is 95.8 cm³/mol. The number of ether oxygens (including phenoxy) is 1. The number of aromatic nitrogens is 1. The third-order valence-electron chi connectivity index (χ3n) is 4.15. The normalized spacial score (nSPS) is 12.6. The lowest BCUT2D eigenvalue weighted by molar-refractivity contribution is 0.102. The average Bonchev–Trinajstić information content (AvgIpc) is 3.25. The quantitative estimate of drug-likeness (QED) is 0.756. The van der Waals surface area contributed by atoms with Gasteiger partial charge in [-0.25, -0.2) is 9.37 Å². The van der Waals surface area contributed by atoms with E-state index in [0.29, 0.717) is 22.9 Å². The summed E-state index contributed by atoms with van der Waals surface area (Å²) in [6, 6.07) is 10.1. The summed E-state index contributed by atoms with van der Waals surface area (Å²) < 4.78 is 18.9. The molecule has 0 fully saturated rings. The Morgan fingerprint density at radius 3 is 3.04 bits per heavy atom. The van der Waals surface area contributed by atoms with Crippen LogP contribution < -0.4 is 10.1 Å². The lowest BCUT2D eigenvalue weighted by Crippen LogP contribution is -2.13. The number of nitrogens with one attached hydrogen (secondary N) is 1. The number of amides is 1. The zero-order chi connectivity index (χ0) is 17.4. The first kappa shape index (κ1) is 15.8. The van der Waals surface area contributed by atoms with Gasteiger partial charge in [0.05, 0.1) is 12.3 Å². The molecule has 1 aliphatic heterocycles. The van der Waals surface area contributed by atoms with Gasteiger partial charge in [-0.2, -0.15) is 0 Å². The highest BCUT2D eigenvalue weighted by atomic mass is 32.1. The summed E-state index contributed by atoms with van der Waals surface area (Å²) in [5.41, 5.74) is 3.99. The molecule has 4 nitrogen and oxygen atoms in total. The number of carbonyl (C=O) groups excluding carboxylic acids is 1. The molecular formula is C19H15FN2O2S. The average molecular weight is 354 g/mol. The van der Waals surface area contributed by atoms with E-state index in [1.807, 2.05) is 17.5 Å². The van der Waals surface area contributed by atoms with Crippen molar-refractivity contribution in [2.75, 3.05) is 11.9 Å². The first-order chi connectivity index (χ1) is 12.1. The fourth-order valence-corrected chi connectivity index (χ4v) is 3.53. The number of aryl methyl sites for hydroxylation is 1. The van der Waals surface area contributed by atoms with Gasteiger partial charge in [0.2, 0.25) is 0 Å². The van der Waals surface area contributed by atoms with Gasteiger partial charge in [0, 0.05) is 22.9 Å². The summed E-state index contributed by atoms with van der Waals surface area (Å²) in [7, 11) is 0. The van der Waals surface area contributed by atoms with Crippen LogP contribution in [-0.2, 0) is 6.42 Å². The zero-order valence-corrected chi connectivity index (χ0v) is 14.3. The number of thiazole rings is 1. The first-order valence-corrected chi connectivity index (χ1v) is 8.77. The van der Waals surface area contributed by atoms with Gasteiger partial charge >= 0.3 is 0 Å². The molecule has 0 radical (unpaired) electrons. The molecule has 1 aromatic heterocycles. The lowest BCUT2D eigenvalue weighted by atomic mass is 10.1. The second-order valence-electron chi connectivity index (χ2n) is 5.87. The zero-order valence-electron chi connectivity index (χ0n) is 13.5. The maximum atomic E-state index is 13.4. The van der Waals surface area contributed by atoms with Gasteiger partial charge in [-0.15, -0.1) is 11.3 Å². The minimum absolute atomic E-state index is 0.312. The largest absolute Gasteiger partial charge is 0.493 e. The number of hydrogen-bond donors (Lipinski definition) is 1. The van der Waals surface area contributed by atoms with Gasteiger partial charge in [0.25, 0.3) is 5.91 Å². The van der Waals surface area contributed by atoms with Gasteiger partial charge in [-0.1, -0.05) is 6.07 Å². The molecule has 6 heteroatoms. The van der Waals surface area contributed by atoms with E-state index in [9.17, 15) is 9.18 Å². The summed E-state index contributed by atoms with van der Waals surface area (Å²) >= 11 is 1.34. The molecule has 126 valence electrons. The van der Waals surface area contributed by atoms with Crippen molar-refractivity contribution < 1.29 is 13.9 Å². The summed E-state index contributed by atoms with van der Waals surface area (Å²) in [6.07, 6.45) is 0.899. The van der Waals surface area contributed by atoms with Gasteiger partial charge in [0.15, 0.2) is 5.13 Å². The van der Waals surface area contributed by atoms with Crippen molar-refractivity contribution in [1.29, 1.82) is 0 Å². The Morgan fingerprint density at radius 2 is 2.16 bits per heavy atom. The number of nitrogens with zero attached hydrogens (tertiary/aromatic N) is 1. The van der Waals surface area contributed by atoms with Crippen LogP contribution in [0.5, 0.6) is 5.75 Å². The first-order valence-electron chi connectivity index (χ1n) is 7.89. The molecule has 1 N–H and O–H groups in total. The van der Waals surface area contributed by atoms with Crippen molar-refractivity contribution >= 4 is 22.4 Å². The van der Waals surface area contributed by atoms with E-state index >= 15 is 0 Å². The van der Waals surface area contributed by atoms with Crippen LogP contribution in [0.15, 0.2) is 41.8 Å². The number of carbonyl (C=O) groups is 1. The molecule has 0 saturated carbocycles. The highest BCUT2D eigenvalue weighted by Gasteiger charge is 2.15. The molecule has 0 atom stereocenters. The maximum Gasteiger partial charge on any atom is 0.257 e. The van der Waals surface area contributed by atoms with Gasteiger partial charge < -0.3 is 4.74 Å². The minimum atomic E-state index is -0.434. The van der Waals surface area contributed by atoms with Crippen molar-refractivity contribution in [3.8, 4) is 17.0 Å². The summed E-state index contributed by atoms with van der Waals surface area (Å²) in [4.78, 5) is 16.8. The Hall–Kier alpha value is -2.73. The highest BCUT2D eigenvalue weighted by molar-refractivity contribution is 7.14. The molecule has 4 rings (SSSR count). The van der Waals surface area contributed by atoms with Crippen molar-refractivity contribution in [3.05, 3.63) is 64.3 Å². The van der Waals surface area contributed by atoms with Crippen molar-refractivity contribution in [1.82, 2.24) is 4.98 Å². The lowest BCUT2D eigenvalue weighted by Gasteiger charge is -2.05. The molecule has 0 aliphatic carbocycles. The van der Waals surface area contributed by atoms with Crippen LogP contribution in [0.25, 0.3) is 11.3 Å². The van der Waals surface area contributed by atoms with E-state index in [0.717, 1.165) is 23.4 Å². The maximum absolute atomic E-state index is 13.4. The summed E-state index contributed by atoms with van der Waals surface area (Å²) in [5.74, 6) is 0.130. The second kappa shape index (κ2) is 6.29. The number of fused-ring (bicyclic) bond motifs is 1. The summed E-state index contributed by atoms with van der Waals surface area (Å²) in [5, 5.41) is 5.13. The fraction of sp³-hybridized carbons (Fsp3) is 0.158. The number of benzene rings is 2. The van der Waals surface area contributed by atoms with Crippen molar-refractivity contribution in [2.24, 2.45) is 0 Å². The number of anilines is 1. The van der Waals surface area contributed by atoms with Crippen LogP contribution in [0.3, 0.4) is 0 Å². The summed E-state index contributed by atoms with van der Waals surface area (Å²) in [6.45, 7) is 2.48. The van der Waals surface area contributed by atoms with Crippen molar-refractivity contribution in [3.63, 3.8) is 0 Å². The highest BCUT2D eigenvalue weighted by Crippen LogP contribution is 2.32. The Bertz CT molecular complexity index is 968. The van der Waals surface area contributed by atoms with E-state index in [1.54, 1.807) is 13.0 Å². The van der Waals surface area contributed by atoms with E-state index in [4.69, 9.17) is 4.74 Å². The van der Waals surface area contributed by atoms with Gasteiger partial charge in [-0.3, -0.25) is 10.1 Å². The van der Waals surface area contributed by atoms with Crippen LogP contribution in [0, 0.1) is 12.7 Å². The van der Waals surface area contributed by atoms with Crippen LogP contribution in [-0.4, -0.2) is 17.5 Å². The predicted octanol–water partition coefficient (Wildman–Crippen LogP) is 4.44. The van der Waals surface area contributed by atoms with Crippen LogP contribution >= 0.6 is 11.3 Å². The molecule has 3 aromatic rings. The minimum Gasteiger partial charge on any atom is -0.493 e. The Labute approximate surface area is 148 Å². The molecule has 0 unspecified atom stereocenters. The third kappa shape index (κ3) is 3.13. The van der Waals surface area contributed by atoms with Crippen molar-refractivity contribution in [2.45, 2.75) is 13.3 Å². The fourth-order valence-electron chi connectivity index (χ4n) is 2.81. The molecule has 0 saturated heterocycles. The number of rotatable bonds is 3. The van der Waals surface area contributed by atoms with Crippen LogP contribution in [0.2, 0.25) is 0 Å². The van der Waals surface area contributed by atoms with Crippen LogP contribution in [0.1, 0.15) is 21.5 Å². The topological polar surface area (TPSA) is 51.2 Å². The SMILES string of the molecule is Cc1ccc(F)cc1C(=O)Nc1nc(-c2ccc3c(c2)CCO3)cs1. The van der Waals surface area contributed by atoms with E-state index in [1.165, 1.54) is 29.0 Å². The van der Waals surface area contributed by atoms with E-state index in [2.05, 4.69) is 16.4 Å². The molecule has 0 spiro atoms.